The van der Waals surface area contributed by atoms with E-state index in [0.29, 0.717) is 11.6 Å². The van der Waals surface area contributed by atoms with E-state index in [0.717, 1.165) is 0 Å². The van der Waals surface area contributed by atoms with Gasteiger partial charge in [0.25, 0.3) is 11.7 Å². The number of nitrogens with two attached hydrogens (primary N) is 1. The van der Waals surface area contributed by atoms with Gasteiger partial charge in [-0.2, -0.15) is 24.7 Å². The topological polar surface area (TPSA) is 104 Å². The Morgan fingerprint density at radius 1 is 1.44 bits per heavy atom. The van der Waals surface area contributed by atoms with Gasteiger partial charge in [0.1, 0.15) is 17.2 Å². The van der Waals surface area contributed by atoms with Crippen molar-refractivity contribution in [1.29, 1.82) is 0 Å². The van der Waals surface area contributed by atoms with E-state index in [-0.39, 0.29) is 10.8 Å². The third-order valence-corrected chi connectivity index (χ3v) is 2.47. The normalized spacial score (nSPS) is 10.9. The maximum Gasteiger partial charge on any atom is 0.269 e. The van der Waals surface area contributed by atoms with Crippen molar-refractivity contribution in [3.05, 3.63) is 35.5 Å². The molecule has 0 unspecified atom stereocenters. The summed E-state index contributed by atoms with van der Waals surface area (Å²) in [5.74, 6) is 0.243. The molecular formula is C9H6ClN7O. The Balaban J connectivity index is 2.23. The first-order valence-corrected chi connectivity index (χ1v) is 5.25. The molecule has 8 nitrogen and oxygen atoms in total. The SMILES string of the molecule is NC(=O)c1ccn(-c2cc(Cl)nc3ncnn23)n1. The second-order valence-corrected chi connectivity index (χ2v) is 3.81. The number of carbonyl (C=O) groups excluding carboxylic acids is 1. The van der Waals surface area contributed by atoms with Crippen molar-refractivity contribution in [2.45, 2.75) is 0 Å². The van der Waals surface area contributed by atoms with E-state index in [2.05, 4.69) is 20.2 Å². The van der Waals surface area contributed by atoms with Crippen LogP contribution in [0.15, 0.2) is 24.7 Å². The quantitative estimate of drug-likeness (QED) is 0.659. The summed E-state index contributed by atoms with van der Waals surface area (Å²) in [4.78, 5) is 18.9. The monoisotopic (exact) mass is 263 g/mol. The number of primary amides is 1. The summed E-state index contributed by atoms with van der Waals surface area (Å²) in [7, 11) is 0. The summed E-state index contributed by atoms with van der Waals surface area (Å²) >= 11 is 5.88. The fraction of sp³-hybridized carbons (Fsp3) is 0. The molecule has 3 aromatic rings. The van der Waals surface area contributed by atoms with Gasteiger partial charge < -0.3 is 5.73 Å². The first-order valence-electron chi connectivity index (χ1n) is 4.87. The minimum atomic E-state index is -0.608. The summed E-state index contributed by atoms with van der Waals surface area (Å²) in [6.07, 6.45) is 2.92. The van der Waals surface area contributed by atoms with Gasteiger partial charge in [-0.1, -0.05) is 11.6 Å². The van der Waals surface area contributed by atoms with E-state index in [4.69, 9.17) is 17.3 Å². The molecule has 0 spiro atoms. The Morgan fingerprint density at radius 2 is 2.28 bits per heavy atom. The van der Waals surface area contributed by atoms with Crippen molar-refractivity contribution in [3.8, 4) is 5.82 Å². The van der Waals surface area contributed by atoms with Crippen LogP contribution < -0.4 is 5.73 Å². The zero-order valence-electron chi connectivity index (χ0n) is 8.86. The van der Waals surface area contributed by atoms with E-state index >= 15 is 0 Å². The lowest BCUT2D eigenvalue weighted by Crippen LogP contribution is -2.13. The van der Waals surface area contributed by atoms with Crippen molar-refractivity contribution >= 4 is 23.3 Å². The summed E-state index contributed by atoms with van der Waals surface area (Å²) in [5, 5.41) is 8.27. The van der Waals surface area contributed by atoms with E-state index in [1.807, 2.05) is 0 Å². The van der Waals surface area contributed by atoms with Crippen molar-refractivity contribution in [3.63, 3.8) is 0 Å². The van der Waals surface area contributed by atoms with Gasteiger partial charge in [0.2, 0.25) is 0 Å². The fourth-order valence-electron chi connectivity index (χ4n) is 1.51. The standard InChI is InChI=1S/C9H6ClN7O/c10-6-3-7(17-9(14-6)12-4-13-17)16-2-1-5(15-16)8(11)18/h1-4H,(H2,11,18). The highest BCUT2D eigenvalue weighted by Gasteiger charge is 2.11. The molecule has 9 heteroatoms. The van der Waals surface area contributed by atoms with E-state index in [1.165, 1.54) is 21.6 Å². The molecule has 0 fully saturated rings. The number of nitrogens with zero attached hydrogens (tertiary/aromatic N) is 6. The van der Waals surface area contributed by atoms with Gasteiger partial charge in [0.15, 0.2) is 5.82 Å². The van der Waals surface area contributed by atoms with Crippen molar-refractivity contribution in [2.24, 2.45) is 5.73 Å². The molecule has 0 aliphatic rings. The number of hydrogen-bond donors (Lipinski definition) is 1. The fourth-order valence-corrected chi connectivity index (χ4v) is 1.69. The highest BCUT2D eigenvalue weighted by molar-refractivity contribution is 6.29. The lowest BCUT2D eigenvalue weighted by atomic mass is 10.4. The molecule has 2 N–H and O–H groups in total. The summed E-state index contributed by atoms with van der Waals surface area (Å²) in [6.45, 7) is 0. The molecule has 0 radical (unpaired) electrons. The maximum absolute atomic E-state index is 11.0. The molecule has 0 bridgehead atoms. The molecule has 18 heavy (non-hydrogen) atoms. The van der Waals surface area contributed by atoms with Crippen LogP contribution in [-0.4, -0.2) is 35.3 Å². The Morgan fingerprint density at radius 3 is 3.00 bits per heavy atom. The highest BCUT2D eigenvalue weighted by atomic mass is 35.5. The first-order chi connectivity index (χ1) is 8.65. The Hall–Kier alpha value is -2.48. The smallest absolute Gasteiger partial charge is 0.269 e. The van der Waals surface area contributed by atoms with Crippen LogP contribution in [0.5, 0.6) is 0 Å². The van der Waals surface area contributed by atoms with Crippen LogP contribution in [0, 0.1) is 0 Å². The summed E-state index contributed by atoms with van der Waals surface area (Å²) in [6, 6.07) is 3.06. The predicted molar refractivity (Wildman–Crippen MR) is 61.4 cm³/mol. The number of hydrogen-bond acceptors (Lipinski definition) is 5. The average Bonchev–Trinajstić information content (AvgIpc) is 2.95. The number of rotatable bonds is 2. The Bertz CT molecular complexity index is 746. The zero-order chi connectivity index (χ0) is 12.7. The minimum Gasteiger partial charge on any atom is -0.364 e. The van der Waals surface area contributed by atoms with Crippen LogP contribution in [-0.2, 0) is 0 Å². The van der Waals surface area contributed by atoms with Crippen LogP contribution in [0.25, 0.3) is 11.6 Å². The first kappa shape index (κ1) is 10.7. The van der Waals surface area contributed by atoms with Crippen molar-refractivity contribution in [1.82, 2.24) is 29.4 Å². The van der Waals surface area contributed by atoms with Gasteiger partial charge in [-0.05, 0) is 6.07 Å². The van der Waals surface area contributed by atoms with Gasteiger partial charge in [-0.15, -0.1) is 0 Å². The van der Waals surface area contributed by atoms with Gasteiger partial charge in [0, 0.05) is 12.3 Å². The molecule has 0 atom stereocenters. The second kappa shape index (κ2) is 3.77. The molecule has 0 aliphatic heterocycles. The van der Waals surface area contributed by atoms with Crippen LogP contribution in [0.1, 0.15) is 10.5 Å². The average molecular weight is 264 g/mol. The van der Waals surface area contributed by atoms with Gasteiger partial charge in [-0.3, -0.25) is 4.79 Å². The van der Waals surface area contributed by atoms with Crippen molar-refractivity contribution in [2.75, 3.05) is 0 Å². The molecule has 90 valence electrons. The zero-order valence-corrected chi connectivity index (χ0v) is 9.61. The second-order valence-electron chi connectivity index (χ2n) is 3.42. The van der Waals surface area contributed by atoms with Crippen LogP contribution in [0.2, 0.25) is 5.15 Å². The molecule has 0 saturated heterocycles. The molecule has 1 amide bonds. The number of fused-ring (bicyclic) bond motifs is 1. The molecule has 3 heterocycles. The van der Waals surface area contributed by atoms with Gasteiger partial charge in [-0.25, -0.2) is 4.68 Å². The van der Waals surface area contributed by atoms with Gasteiger partial charge in [0.05, 0.1) is 0 Å². The third kappa shape index (κ3) is 1.59. The lowest BCUT2D eigenvalue weighted by Gasteiger charge is -2.03. The van der Waals surface area contributed by atoms with Crippen LogP contribution in [0.4, 0.5) is 0 Å². The summed E-state index contributed by atoms with van der Waals surface area (Å²) in [5.41, 5.74) is 5.29. The lowest BCUT2D eigenvalue weighted by molar-refractivity contribution is 0.0995. The maximum atomic E-state index is 11.0. The van der Waals surface area contributed by atoms with Crippen LogP contribution >= 0.6 is 11.6 Å². The van der Waals surface area contributed by atoms with Crippen molar-refractivity contribution < 1.29 is 4.79 Å². The summed E-state index contributed by atoms with van der Waals surface area (Å²) < 4.78 is 2.87. The third-order valence-electron chi connectivity index (χ3n) is 2.28. The number of aromatic nitrogens is 6. The Labute approximate surface area is 105 Å². The van der Waals surface area contributed by atoms with E-state index in [9.17, 15) is 4.79 Å². The van der Waals surface area contributed by atoms with E-state index in [1.54, 1.807) is 12.3 Å². The molecule has 0 aliphatic carbocycles. The molecule has 0 aromatic carbocycles. The highest BCUT2D eigenvalue weighted by Crippen LogP contribution is 2.13. The minimum absolute atomic E-state index is 0.149. The predicted octanol–water partition coefficient (Wildman–Crippen LogP) is 0.0623. The number of carbonyl (C=O) groups is 1. The number of amides is 1. The van der Waals surface area contributed by atoms with Gasteiger partial charge >= 0.3 is 0 Å². The van der Waals surface area contributed by atoms with E-state index < -0.39 is 5.91 Å². The molecule has 3 aromatic heterocycles. The molecule has 3 rings (SSSR count). The largest absolute Gasteiger partial charge is 0.364 e. The Kier molecular flexibility index (Phi) is 2.23. The van der Waals surface area contributed by atoms with Crippen LogP contribution in [0.3, 0.4) is 0 Å². The molecule has 0 saturated carbocycles. The molecular weight excluding hydrogens is 258 g/mol. The number of halogens is 1.